The number of nitrogens with zero attached hydrogens (tertiary/aromatic N) is 1. The predicted octanol–water partition coefficient (Wildman–Crippen LogP) is 0.142. The minimum atomic E-state index is -1.08. The van der Waals surface area contributed by atoms with Gasteiger partial charge in [0.1, 0.15) is 17.2 Å². The summed E-state index contributed by atoms with van der Waals surface area (Å²) in [6.07, 6.45) is -2.15. The van der Waals surface area contributed by atoms with Gasteiger partial charge in [-0.15, -0.1) is 0 Å². The van der Waals surface area contributed by atoms with E-state index < -0.39 is 35.3 Å². The zero-order chi connectivity index (χ0) is 12.6. The van der Waals surface area contributed by atoms with Gasteiger partial charge in [-0.3, -0.25) is 4.79 Å². The molecule has 1 saturated heterocycles. The molecule has 0 bridgehead atoms. The van der Waals surface area contributed by atoms with Crippen molar-refractivity contribution in [2.45, 2.75) is 12.2 Å². The van der Waals surface area contributed by atoms with E-state index in [2.05, 4.69) is 0 Å². The van der Waals surface area contributed by atoms with Gasteiger partial charge in [0, 0.05) is 13.1 Å². The first kappa shape index (κ1) is 11.9. The van der Waals surface area contributed by atoms with E-state index in [-0.39, 0.29) is 13.1 Å². The van der Waals surface area contributed by atoms with Crippen molar-refractivity contribution < 1.29 is 23.8 Å². The summed E-state index contributed by atoms with van der Waals surface area (Å²) in [6.45, 7) is -0.262. The highest BCUT2D eigenvalue weighted by molar-refractivity contribution is 5.95. The van der Waals surface area contributed by atoms with E-state index in [0.29, 0.717) is 0 Å². The second-order valence-electron chi connectivity index (χ2n) is 3.94. The molecular weight excluding hydrogens is 232 g/mol. The number of aliphatic hydroxyl groups excluding tert-OH is 2. The Balaban J connectivity index is 2.27. The second kappa shape index (κ2) is 4.38. The van der Waals surface area contributed by atoms with Gasteiger partial charge in [-0.2, -0.15) is 0 Å². The molecule has 0 aliphatic carbocycles. The highest BCUT2D eigenvalue weighted by Crippen LogP contribution is 2.18. The van der Waals surface area contributed by atoms with Crippen molar-refractivity contribution in [3.8, 4) is 0 Å². The van der Waals surface area contributed by atoms with Gasteiger partial charge in [0.05, 0.1) is 12.2 Å². The molecule has 4 nitrogen and oxygen atoms in total. The molecule has 0 saturated carbocycles. The fraction of sp³-hybridized carbons (Fsp3) is 0.364. The maximum atomic E-state index is 13.3. The lowest BCUT2D eigenvalue weighted by Crippen LogP contribution is -2.31. The van der Waals surface area contributed by atoms with Crippen LogP contribution < -0.4 is 0 Å². The van der Waals surface area contributed by atoms with Gasteiger partial charge in [0.15, 0.2) is 0 Å². The summed E-state index contributed by atoms with van der Waals surface area (Å²) in [6, 6.07) is 3.13. The third-order valence-electron chi connectivity index (χ3n) is 2.72. The number of hydrogen-bond acceptors (Lipinski definition) is 3. The number of benzene rings is 1. The van der Waals surface area contributed by atoms with Gasteiger partial charge >= 0.3 is 0 Å². The lowest BCUT2D eigenvalue weighted by molar-refractivity contribution is 0.0572. The molecule has 1 amide bonds. The summed E-state index contributed by atoms with van der Waals surface area (Å²) >= 11 is 0. The Morgan fingerprint density at radius 3 is 2.12 bits per heavy atom. The van der Waals surface area contributed by atoms with Crippen LogP contribution in [0.2, 0.25) is 0 Å². The molecule has 1 heterocycles. The Kier molecular flexibility index (Phi) is 3.08. The van der Waals surface area contributed by atoms with Crippen LogP contribution in [-0.4, -0.2) is 46.3 Å². The summed E-state index contributed by atoms with van der Waals surface area (Å²) in [5.74, 6) is -2.77. The highest BCUT2D eigenvalue weighted by Gasteiger charge is 2.34. The summed E-state index contributed by atoms with van der Waals surface area (Å²) in [7, 11) is 0. The average Bonchev–Trinajstić information content (AvgIpc) is 2.59. The lowest BCUT2D eigenvalue weighted by Gasteiger charge is -2.16. The van der Waals surface area contributed by atoms with Crippen molar-refractivity contribution in [1.29, 1.82) is 0 Å². The van der Waals surface area contributed by atoms with E-state index in [1.807, 2.05) is 0 Å². The zero-order valence-electron chi connectivity index (χ0n) is 8.81. The summed E-state index contributed by atoms with van der Waals surface area (Å²) in [4.78, 5) is 12.8. The quantitative estimate of drug-likeness (QED) is 0.737. The van der Waals surface area contributed by atoms with Gasteiger partial charge in [0.2, 0.25) is 0 Å². The Morgan fingerprint density at radius 2 is 1.65 bits per heavy atom. The normalized spacial score (nSPS) is 24.1. The number of carbonyl (C=O) groups is 1. The largest absolute Gasteiger partial charge is 0.388 e. The van der Waals surface area contributed by atoms with Crippen molar-refractivity contribution in [2.24, 2.45) is 0 Å². The average molecular weight is 243 g/mol. The molecule has 6 heteroatoms. The fourth-order valence-electron chi connectivity index (χ4n) is 1.80. The van der Waals surface area contributed by atoms with Gasteiger partial charge in [-0.25, -0.2) is 8.78 Å². The number of likely N-dealkylation sites (tertiary alicyclic amines) is 1. The molecule has 0 aromatic heterocycles. The molecule has 0 radical (unpaired) electrons. The molecule has 2 atom stereocenters. The third-order valence-corrected chi connectivity index (χ3v) is 2.72. The van der Waals surface area contributed by atoms with Crippen LogP contribution in [0.3, 0.4) is 0 Å². The summed E-state index contributed by atoms with van der Waals surface area (Å²) in [5, 5.41) is 18.5. The maximum Gasteiger partial charge on any atom is 0.260 e. The molecule has 1 aromatic rings. The fourth-order valence-corrected chi connectivity index (χ4v) is 1.80. The minimum absolute atomic E-state index is 0.131. The number of hydrogen-bond donors (Lipinski definition) is 2. The summed E-state index contributed by atoms with van der Waals surface area (Å²) < 4.78 is 26.7. The minimum Gasteiger partial charge on any atom is -0.388 e. The number of β-amino-alcohol motifs (C(OH)–C–C–N with tert-alkyl or cyclic N) is 2. The van der Waals surface area contributed by atoms with E-state index in [4.69, 9.17) is 0 Å². The van der Waals surface area contributed by atoms with Crippen LogP contribution in [0.4, 0.5) is 8.78 Å². The molecular formula is C11H11F2NO3. The SMILES string of the molecule is O=C(c1c(F)cccc1F)N1C[C@@H](O)[C@@H](O)C1. The molecule has 1 aliphatic heterocycles. The third kappa shape index (κ3) is 2.13. The van der Waals surface area contributed by atoms with E-state index in [1.54, 1.807) is 0 Å². The first-order valence-electron chi connectivity index (χ1n) is 5.10. The topological polar surface area (TPSA) is 60.8 Å². The van der Waals surface area contributed by atoms with Crippen molar-refractivity contribution in [3.05, 3.63) is 35.4 Å². The number of rotatable bonds is 1. The number of halogens is 2. The Morgan fingerprint density at radius 1 is 1.18 bits per heavy atom. The molecule has 92 valence electrons. The molecule has 1 fully saturated rings. The van der Waals surface area contributed by atoms with Crippen LogP contribution in [0.25, 0.3) is 0 Å². The summed E-state index contributed by atoms with van der Waals surface area (Å²) in [5.41, 5.74) is -0.659. The van der Waals surface area contributed by atoms with Crippen molar-refractivity contribution in [1.82, 2.24) is 4.90 Å². The van der Waals surface area contributed by atoms with Crippen LogP contribution in [0.5, 0.6) is 0 Å². The second-order valence-corrected chi connectivity index (χ2v) is 3.94. The number of carbonyl (C=O) groups excluding carboxylic acids is 1. The molecule has 2 N–H and O–H groups in total. The van der Waals surface area contributed by atoms with Gasteiger partial charge < -0.3 is 15.1 Å². The smallest absolute Gasteiger partial charge is 0.260 e. The van der Waals surface area contributed by atoms with Crippen LogP contribution in [-0.2, 0) is 0 Å². The Bertz CT molecular complexity index is 422. The monoisotopic (exact) mass is 243 g/mol. The first-order chi connectivity index (χ1) is 8.00. The highest BCUT2D eigenvalue weighted by atomic mass is 19.1. The molecule has 0 unspecified atom stereocenters. The van der Waals surface area contributed by atoms with E-state index in [0.717, 1.165) is 23.1 Å². The van der Waals surface area contributed by atoms with Gasteiger partial charge in [0.25, 0.3) is 5.91 Å². The van der Waals surface area contributed by atoms with Gasteiger partial charge in [-0.05, 0) is 12.1 Å². The maximum absolute atomic E-state index is 13.3. The van der Waals surface area contributed by atoms with Crippen LogP contribution in [0.15, 0.2) is 18.2 Å². The Hall–Kier alpha value is -1.53. The molecule has 2 rings (SSSR count). The molecule has 1 aliphatic rings. The van der Waals surface area contributed by atoms with Gasteiger partial charge in [-0.1, -0.05) is 6.07 Å². The van der Waals surface area contributed by atoms with E-state index >= 15 is 0 Å². The molecule has 17 heavy (non-hydrogen) atoms. The standard InChI is InChI=1S/C11H11F2NO3/c12-6-2-1-3-7(13)10(6)11(17)14-4-8(15)9(16)5-14/h1-3,8-9,15-16H,4-5H2/t8-,9+. The zero-order valence-corrected chi connectivity index (χ0v) is 8.81. The van der Waals surface area contributed by atoms with Crippen molar-refractivity contribution >= 4 is 5.91 Å². The molecule has 1 aromatic carbocycles. The van der Waals surface area contributed by atoms with E-state index in [9.17, 15) is 23.8 Å². The Labute approximate surface area is 96.1 Å². The van der Waals surface area contributed by atoms with E-state index in [1.165, 1.54) is 0 Å². The predicted molar refractivity (Wildman–Crippen MR) is 54.3 cm³/mol. The van der Waals surface area contributed by atoms with Crippen LogP contribution in [0, 0.1) is 11.6 Å². The number of amides is 1. The van der Waals surface area contributed by atoms with Crippen LogP contribution >= 0.6 is 0 Å². The first-order valence-corrected chi connectivity index (χ1v) is 5.10. The van der Waals surface area contributed by atoms with Crippen molar-refractivity contribution in [2.75, 3.05) is 13.1 Å². The van der Waals surface area contributed by atoms with Crippen LogP contribution in [0.1, 0.15) is 10.4 Å². The lowest BCUT2D eigenvalue weighted by atomic mass is 10.1. The van der Waals surface area contributed by atoms with Crippen molar-refractivity contribution in [3.63, 3.8) is 0 Å². The molecule has 0 spiro atoms. The number of aliphatic hydroxyl groups is 2.